The number of carbonyl (C=O) groups is 1. The van der Waals surface area contributed by atoms with Gasteiger partial charge in [-0.05, 0) is 35.9 Å². The van der Waals surface area contributed by atoms with E-state index in [1.807, 2.05) is 6.07 Å². The van der Waals surface area contributed by atoms with Gasteiger partial charge in [-0.2, -0.15) is 0 Å². The molecule has 1 aliphatic heterocycles. The third-order valence-electron chi connectivity index (χ3n) is 3.38. The zero-order valence-electron chi connectivity index (χ0n) is 13.1. The van der Waals surface area contributed by atoms with Gasteiger partial charge in [-0.1, -0.05) is 6.07 Å². The fourth-order valence-corrected chi connectivity index (χ4v) is 2.16. The zero-order chi connectivity index (χ0) is 17.6. The number of amides is 1. The predicted molar refractivity (Wildman–Crippen MR) is 86.5 cm³/mol. The summed E-state index contributed by atoms with van der Waals surface area (Å²) in [5.41, 5.74) is 0.803. The lowest BCUT2D eigenvalue weighted by Crippen LogP contribution is -2.26. The minimum Gasteiger partial charge on any atom is -0.492 e. The number of hydrogen-bond acceptors (Lipinski definition) is 4. The SMILES string of the molecule is O=C(C=Cc1ccc2c(c1)OCO2)NCCOc1ccc(F)c(F)c1. The van der Waals surface area contributed by atoms with Gasteiger partial charge < -0.3 is 19.5 Å². The Labute approximate surface area is 142 Å². The maximum Gasteiger partial charge on any atom is 0.244 e. The molecule has 1 N–H and O–H groups in total. The molecule has 0 aliphatic carbocycles. The fraction of sp³-hybridized carbons (Fsp3) is 0.167. The Balaban J connectivity index is 1.42. The van der Waals surface area contributed by atoms with Crippen LogP contribution in [0.1, 0.15) is 5.56 Å². The molecule has 0 bridgehead atoms. The van der Waals surface area contributed by atoms with Gasteiger partial charge in [0.15, 0.2) is 23.1 Å². The van der Waals surface area contributed by atoms with E-state index in [9.17, 15) is 13.6 Å². The van der Waals surface area contributed by atoms with E-state index in [2.05, 4.69) is 5.32 Å². The number of nitrogens with one attached hydrogen (secondary N) is 1. The molecule has 7 heteroatoms. The summed E-state index contributed by atoms with van der Waals surface area (Å²) < 4.78 is 41.5. The number of fused-ring (bicyclic) bond motifs is 1. The number of carbonyl (C=O) groups excluding carboxylic acids is 1. The summed E-state index contributed by atoms with van der Waals surface area (Å²) in [5.74, 6) is -0.698. The highest BCUT2D eigenvalue weighted by atomic mass is 19.2. The molecule has 0 fully saturated rings. The highest BCUT2D eigenvalue weighted by Gasteiger charge is 2.12. The van der Waals surface area contributed by atoms with E-state index in [1.54, 1.807) is 18.2 Å². The van der Waals surface area contributed by atoms with Gasteiger partial charge in [-0.15, -0.1) is 0 Å². The lowest BCUT2D eigenvalue weighted by Gasteiger charge is -2.06. The lowest BCUT2D eigenvalue weighted by atomic mass is 10.2. The van der Waals surface area contributed by atoms with Crippen molar-refractivity contribution in [1.82, 2.24) is 5.32 Å². The van der Waals surface area contributed by atoms with Crippen LogP contribution < -0.4 is 19.5 Å². The fourth-order valence-electron chi connectivity index (χ4n) is 2.16. The Hall–Kier alpha value is -3.09. The van der Waals surface area contributed by atoms with E-state index in [4.69, 9.17) is 14.2 Å². The van der Waals surface area contributed by atoms with E-state index in [-0.39, 0.29) is 31.6 Å². The van der Waals surface area contributed by atoms with Crippen LogP contribution in [0.2, 0.25) is 0 Å². The van der Waals surface area contributed by atoms with Crippen LogP contribution in [-0.2, 0) is 4.79 Å². The molecule has 0 radical (unpaired) electrons. The third-order valence-corrected chi connectivity index (χ3v) is 3.38. The summed E-state index contributed by atoms with van der Waals surface area (Å²) in [6.07, 6.45) is 3.03. The van der Waals surface area contributed by atoms with Gasteiger partial charge >= 0.3 is 0 Å². The number of benzene rings is 2. The number of halogens is 2. The average Bonchev–Trinajstić information content (AvgIpc) is 3.07. The molecule has 1 heterocycles. The van der Waals surface area contributed by atoms with Crippen molar-refractivity contribution in [3.63, 3.8) is 0 Å². The molecule has 0 aromatic heterocycles. The van der Waals surface area contributed by atoms with Gasteiger partial charge in [0.05, 0.1) is 6.54 Å². The standard InChI is InChI=1S/C18H15F2NO4/c19-14-4-3-13(10-15(14)20)23-8-7-21-18(22)6-2-12-1-5-16-17(9-12)25-11-24-16/h1-6,9-10H,7-8,11H2,(H,21,22). The lowest BCUT2D eigenvalue weighted by molar-refractivity contribution is -0.116. The molecule has 1 aliphatic rings. The maximum atomic E-state index is 13.0. The minimum absolute atomic E-state index is 0.134. The molecule has 25 heavy (non-hydrogen) atoms. The van der Waals surface area contributed by atoms with Gasteiger partial charge in [0.25, 0.3) is 0 Å². The van der Waals surface area contributed by atoms with Gasteiger partial charge in [0.2, 0.25) is 12.7 Å². The second-order valence-corrected chi connectivity index (χ2v) is 5.16. The van der Waals surface area contributed by atoms with Crippen molar-refractivity contribution in [3.05, 3.63) is 59.7 Å². The maximum absolute atomic E-state index is 13.0. The number of hydrogen-bond donors (Lipinski definition) is 1. The Kier molecular flexibility index (Phi) is 5.13. The minimum atomic E-state index is -0.979. The predicted octanol–water partition coefficient (Wildman–Crippen LogP) is 2.90. The highest BCUT2D eigenvalue weighted by molar-refractivity contribution is 5.91. The van der Waals surface area contributed by atoms with Crippen LogP contribution >= 0.6 is 0 Å². The number of rotatable bonds is 6. The van der Waals surface area contributed by atoms with Crippen molar-refractivity contribution < 1.29 is 27.8 Å². The summed E-state index contributed by atoms with van der Waals surface area (Å²) in [5, 5.41) is 2.63. The van der Waals surface area contributed by atoms with E-state index < -0.39 is 11.6 Å². The Morgan fingerprint density at radius 2 is 1.96 bits per heavy atom. The highest BCUT2D eigenvalue weighted by Crippen LogP contribution is 2.32. The van der Waals surface area contributed by atoms with E-state index >= 15 is 0 Å². The van der Waals surface area contributed by atoms with Crippen molar-refractivity contribution >= 4 is 12.0 Å². The first-order chi connectivity index (χ1) is 12.1. The zero-order valence-corrected chi connectivity index (χ0v) is 13.1. The first-order valence-corrected chi connectivity index (χ1v) is 7.55. The monoisotopic (exact) mass is 347 g/mol. The average molecular weight is 347 g/mol. The van der Waals surface area contributed by atoms with Gasteiger partial charge in [0, 0.05) is 12.1 Å². The van der Waals surface area contributed by atoms with Crippen molar-refractivity contribution in [2.75, 3.05) is 19.9 Å². The van der Waals surface area contributed by atoms with Crippen molar-refractivity contribution in [1.29, 1.82) is 0 Å². The quantitative estimate of drug-likeness (QED) is 0.645. The van der Waals surface area contributed by atoms with Crippen molar-refractivity contribution in [2.45, 2.75) is 0 Å². The molecule has 130 valence electrons. The van der Waals surface area contributed by atoms with E-state index in [1.165, 1.54) is 12.1 Å². The smallest absolute Gasteiger partial charge is 0.244 e. The molecule has 0 saturated heterocycles. The molecule has 0 spiro atoms. The third kappa shape index (κ3) is 4.47. The van der Waals surface area contributed by atoms with E-state index in [0.29, 0.717) is 11.5 Å². The van der Waals surface area contributed by atoms with Gasteiger partial charge in [0.1, 0.15) is 12.4 Å². The van der Waals surface area contributed by atoms with Crippen molar-refractivity contribution in [3.8, 4) is 17.2 Å². The molecule has 3 rings (SSSR count). The molecule has 1 amide bonds. The van der Waals surface area contributed by atoms with Gasteiger partial charge in [-0.3, -0.25) is 4.79 Å². The Morgan fingerprint density at radius 1 is 1.12 bits per heavy atom. The molecule has 0 atom stereocenters. The van der Waals surface area contributed by atoms with Gasteiger partial charge in [-0.25, -0.2) is 8.78 Å². The van der Waals surface area contributed by atoms with Crippen LogP contribution in [-0.4, -0.2) is 25.9 Å². The molecule has 2 aromatic rings. The Bertz CT molecular complexity index is 808. The summed E-state index contributed by atoms with van der Waals surface area (Å²) in [4.78, 5) is 11.7. The van der Waals surface area contributed by atoms with Crippen LogP contribution in [0, 0.1) is 11.6 Å². The normalized spacial score (nSPS) is 12.4. The molecular weight excluding hydrogens is 332 g/mol. The molecule has 2 aromatic carbocycles. The second-order valence-electron chi connectivity index (χ2n) is 5.16. The topological polar surface area (TPSA) is 56.8 Å². The first-order valence-electron chi connectivity index (χ1n) is 7.55. The molecular formula is C18H15F2NO4. The second kappa shape index (κ2) is 7.65. The molecule has 0 saturated carbocycles. The molecule has 5 nitrogen and oxygen atoms in total. The molecule has 0 unspecified atom stereocenters. The Morgan fingerprint density at radius 3 is 2.80 bits per heavy atom. The summed E-state index contributed by atoms with van der Waals surface area (Å²) in [6.45, 7) is 0.554. The van der Waals surface area contributed by atoms with Crippen molar-refractivity contribution in [2.24, 2.45) is 0 Å². The summed E-state index contributed by atoms with van der Waals surface area (Å²) >= 11 is 0. The number of ether oxygens (including phenoxy) is 3. The summed E-state index contributed by atoms with van der Waals surface area (Å²) in [6, 6.07) is 8.62. The van der Waals surface area contributed by atoms with Crippen LogP contribution in [0.25, 0.3) is 6.08 Å². The van der Waals surface area contributed by atoms with Crippen LogP contribution in [0.3, 0.4) is 0 Å². The van der Waals surface area contributed by atoms with E-state index in [0.717, 1.165) is 17.7 Å². The largest absolute Gasteiger partial charge is 0.492 e. The summed E-state index contributed by atoms with van der Waals surface area (Å²) in [7, 11) is 0. The first kappa shape index (κ1) is 16.8. The van der Waals surface area contributed by atoms with Crippen LogP contribution in [0.15, 0.2) is 42.5 Å². The van der Waals surface area contributed by atoms with Crippen LogP contribution in [0.5, 0.6) is 17.2 Å². The van der Waals surface area contributed by atoms with Crippen LogP contribution in [0.4, 0.5) is 8.78 Å².